The monoisotopic (exact) mass is 274 g/mol. The second kappa shape index (κ2) is 5.12. The Morgan fingerprint density at radius 3 is 3.00 bits per heavy atom. The van der Waals surface area contributed by atoms with Crippen molar-refractivity contribution >= 4 is 23.3 Å². The molecule has 1 aliphatic carbocycles. The molecular weight excluding hydrogens is 252 g/mol. The Balaban J connectivity index is 2.06. The Morgan fingerprint density at radius 2 is 2.21 bits per heavy atom. The highest BCUT2D eigenvalue weighted by Crippen LogP contribution is 2.36. The second-order valence-corrected chi connectivity index (χ2v) is 6.30. The van der Waals surface area contributed by atoms with Crippen LogP contribution < -0.4 is 0 Å². The summed E-state index contributed by atoms with van der Waals surface area (Å²) in [5.74, 6) is 0.871. The maximum absolute atomic E-state index is 5.56. The molecule has 2 aromatic rings. The van der Waals surface area contributed by atoms with Gasteiger partial charge in [-0.05, 0) is 55.6 Å². The summed E-state index contributed by atoms with van der Waals surface area (Å²) in [6.07, 6.45) is 6.58. The summed E-state index contributed by atoms with van der Waals surface area (Å²) in [7, 11) is 0. The molecule has 0 amide bonds. The third-order valence-corrected chi connectivity index (χ3v) is 4.87. The van der Waals surface area contributed by atoms with E-state index in [4.69, 9.17) is 12.2 Å². The quantitative estimate of drug-likeness (QED) is 0.751. The van der Waals surface area contributed by atoms with E-state index in [0.29, 0.717) is 6.04 Å². The van der Waals surface area contributed by atoms with Crippen molar-refractivity contribution in [3.8, 4) is 0 Å². The van der Waals surface area contributed by atoms with Gasteiger partial charge in [0.1, 0.15) is 0 Å². The van der Waals surface area contributed by atoms with Crippen molar-refractivity contribution in [3.63, 3.8) is 0 Å². The molecule has 1 aromatic carbocycles. The van der Waals surface area contributed by atoms with Crippen LogP contribution >= 0.6 is 12.2 Å². The van der Waals surface area contributed by atoms with Crippen molar-refractivity contribution in [1.29, 1.82) is 0 Å². The van der Waals surface area contributed by atoms with Crippen LogP contribution in [-0.4, -0.2) is 9.55 Å². The molecule has 1 N–H and O–H groups in total. The van der Waals surface area contributed by atoms with E-state index in [1.54, 1.807) is 0 Å². The summed E-state index contributed by atoms with van der Waals surface area (Å²) < 4.78 is 3.27. The fraction of sp³-hybridized carbons (Fsp3) is 0.562. The first-order valence-electron chi connectivity index (χ1n) is 7.40. The van der Waals surface area contributed by atoms with Crippen molar-refractivity contribution in [2.75, 3.05) is 0 Å². The maximum atomic E-state index is 5.56. The first-order chi connectivity index (χ1) is 9.19. The Bertz CT molecular complexity index is 638. The summed E-state index contributed by atoms with van der Waals surface area (Å²) in [4.78, 5) is 3.36. The van der Waals surface area contributed by atoms with Crippen LogP contribution in [-0.2, 0) is 0 Å². The molecular formula is C16H22N2S. The Kier molecular flexibility index (Phi) is 3.48. The molecule has 3 heteroatoms. The van der Waals surface area contributed by atoms with Crippen LogP contribution in [0.1, 0.15) is 50.6 Å². The molecule has 102 valence electrons. The van der Waals surface area contributed by atoms with Gasteiger partial charge >= 0.3 is 0 Å². The molecule has 2 nitrogen and oxygen atoms in total. The van der Waals surface area contributed by atoms with Crippen molar-refractivity contribution in [3.05, 3.63) is 28.5 Å². The van der Waals surface area contributed by atoms with Gasteiger partial charge in [-0.3, -0.25) is 0 Å². The SMILES string of the molecule is CCC1CCCC(n2c(=S)[nH]c3ccc(C)cc32)C1. The smallest absolute Gasteiger partial charge is 0.178 e. The number of aromatic nitrogens is 2. The first kappa shape index (κ1) is 12.9. The normalized spacial score (nSPS) is 23.9. The highest BCUT2D eigenvalue weighted by Gasteiger charge is 2.23. The van der Waals surface area contributed by atoms with Crippen LogP contribution in [0, 0.1) is 17.6 Å². The molecule has 0 bridgehead atoms. The molecule has 2 atom stereocenters. The minimum absolute atomic E-state index is 0.585. The molecule has 1 aliphatic rings. The molecule has 1 saturated carbocycles. The van der Waals surface area contributed by atoms with Gasteiger partial charge in [-0.1, -0.05) is 32.3 Å². The zero-order valence-electron chi connectivity index (χ0n) is 11.8. The number of benzene rings is 1. The van der Waals surface area contributed by atoms with Crippen molar-refractivity contribution in [2.24, 2.45) is 5.92 Å². The molecule has 1 fully saturated rings. The molecule has 0 aliphatic heterocycles. The predicted molar refractivity (Wildman–Crippen MR) is 83.1 cm³/mol. The lowest BCUT2D eigenvalue weighted by Crippen LogP contribution is -2.19. The van der Waals surface area contributed by atoms with Gasteiger partial charge in [0, 0.05) is 6.04 Å². The van der Waals surface area contributed by atoms with Crippen LogP contribution in [0.3, 0.4) is 0 Å². The average molecular weight is 274 g/mol. The largest absolute Gasteiger partial charge is 0.331 e. The van der Waals surface area contributed by atoms with Crippen LogP contribution in [0.5, 0.6) is 0 Å². The summed E-state index contributed by atoms with van der Waals surface area (Å²) in [5, 5.41) is 0. The lowest BCUT2D eigenvalue weighted by Gasteiger charge is -2.29. The van der Waals surface area contributed by atoms with Gasteiger partial charge < -0.3 is 9.55 Å². The third-order valence-electron chi connectivity index (χ3n) is 4.57. The Morgan fingerprint density at radius 1 is 1.37 bits per heavy atom. The van der Waals surface area contributed by atoms with E-state index >= 15 is 0 Å². The summed E-state index contributed by atoms with van der Waals surface area (Å²) in [6.45, 7) is 4.46. The number of hydrogen-bond acceptors (Lipinski definition) is 1. The van der Waals surface area contributed by atoms with E-state index in [0.717, 1.165) is 10.7 Å². The summed E-state index contributed by atoms with van der Waals surface area (Å²) >= 11 is 5.56. The highest BCUT2D eigenvalue weighted by atomic mass is 32.1. The molecule has 2 unspecified atom stereocenters. The van der Waals surface area contributed by atoms with Gasteiger partial charge in [-0.15, -0.1) is 0 Å². The van der Waals surface area contributed by atoms with Crippen LogP contribution in [0.25, 0.3) is 11.0 Å². The van der Waals surface area contributed by atoms with Gasteiger partial charge in [-0.25, -0.2) is 0 Å². The van der Waals surface area contributed by atoms with Gasteiger partial charge in [0.15, 0.2) is 4.77 Å². The van der Waals surface area contributed by atoms with E-state index in [1.165, 1.54) is 48.7 Å². The fourth-order valence-corrected chi connectivity index (χ4v) is 3.82. The molecule has 19 heavy (non-hydrogen) atoms. The third kappa shape index (κ3) is 2.36. The number of nitrogens with zero attached hydrogens (tertiary/aromatic N) is 1. The van der Waals surface area contributed by atoms with Crippen LogP contribution in [0.2, 0.25) is 0 Å². The molecule has 3 rings (SSSR count). The Hall–Kier alpha value is -1.09. The number of hydrogen-bond donors (Lipinski definition) is 1. The number of imidazole rings is 1. The maximum Gasteiger partial charge on any atom is 0.178 e. The minimum Gasteiger partial charge on any atom is -0.331 e. The van der Waals surface area contributed by atoms with E-state index in [2.05, 4.69) is 41.6 Å². The van der Waals surface area contributed by atoms with Crippen molar-refractivity contribution in [1.82, 2.24) is 9.55 Å². The zero-order chi connectivity index (χ0) is 13.4. The molecule has 1 aromatic heterocycles. The Labute approximate surface area is 119 Å². The van der Waals surface area contributed by atoms with E-state index in [-0.39, 0.29) is 0 Å². The lowest BCUT2D eigenvalue weighted by molar-refractivity contribution is 0.263. The van der Waals surface area contributed by atoms with Gasteiger partial charge in [0.05, 0.1) is 11.0 Å². The van der Waals surface area contributed by atoms with Gasteiger partial charge in [0.2, 0.25) is 0 Å². The van der Waals surface area contributed by atoms with E-state index in [9.17, 15) is 0 Å². The number of H-pyrrole nitrogens is 1. The average Bonchev–Trinajstić information content (AvgIpc) is 2.74. The van der Waals surface area contributed by atoms with Crippen LogP contribution in [0.4, 0.5) is 0 Å². The van der Waals surface area contributed by atoms with Gasteiger partial charge in [-0.2, -0.15) is 0 Å². The number of aryl methyl sites for hydroxylation is 1. The van der Waals surface area contributed by atoms with Crippen molar-refractivity contribution < 1.29 is 0 Å². The first-order valence-corrected chi connectivity index (χ1v) is 7.80. The van der Waals surface area contributed by atoms with Crippen molar-refractivity contribution in [2.45, 2.75) is 52.0 Å². The number of rotatable bonds is 2. The molecule has 0 saturated heterocycles. The summed E-state index contributed by atoms with van der Waals surface area (Å²) in [6, 6.07) is 7.14. The lowest BCUT2D eigenvalue weighted by atomic mass is 9.84. The minimum atomic E-state index is 0.585. The van der Waals surface area contributed by atoms with Gasteiger partial charge in [0.25, 0.3) is 0 Å². The number of fused-ring (bicyclic) bond motifs is 1. The molecule has 1 heterocycles. The standard InChI is InChI=1S/C16H22N2S/c1-3-12-5-4-6-13(10-12)18-15-9-11(2)7-8-14(15)17-16(18)19/h7-9,12-13H,3-6,10H2,1-2H3,(H,17,19). The topological polar surface area (TPSA) is 20.7 Å². The molecule has 0 radical (unpaired) electrons. The predicted octanol–water partition coefficient (Wildman–Crippen LogP) is 5.15. The highest BCUT2D eigenvalue weighted by molar-refractivity contribution is 7.71. The molecule has 0 spiro atoms. The fourth-order valence-electron chi connectivity index (χ4n) is 3.46. The van der Waals surface area contributed by atoms with E-state index in [1.807, 2.05) is 0 Å². The zero-order valence-corrected chi connectivity index (χ0v) is 12.6. The van der Waals surface area contributed by atoms with Crippen LogP contribution in [0.15, 0.2) is 18.2 Å². The number of aromatic amines is 1. The number of nitrogens with one attached hydrogen (secondary N) is 1. The second-order valence-electron chi connectivity index (χ2n) is 5.92. The summed E-state index contributed by atoms with van der Waals surface area (Å²) in [5.41, 5.74) is 3.76. The van der Waals surface area contributed by atoms with E-state index < -0.39 is 0 Å².